The van der Waals surface area contributed by atoms with E-state index in [9.17, 15) is 0 Å². The molecule has 1 aliphatic carbocycles. The Hall–Kier alpha value is -0.410. The molecule has 1 aliphatic rings. The molecule has 0 atom stereocenters. The molecule has 2 nitrogen and oxygen atoms in total. The van der Waals surface area contributed by atoms with Gasteiger partial charge in [0.25, 0.3) is 0 Å². The molecule has 1 fully saturated rings. The summed E-state index contributed by atoms with van der Waals surface area (Å²) < 4.78 is 0. The zero-order chi connectivity index (χ0) is 9.97. The van der Waals surface area contributed by atoms with Crippen LogP contribution in [0.3, 0.4) is 0 Å². The van der Waals surface area contributed by atoms with E-state index in [1.165, 1.54) is 23.5 Å². The fraction of sp³-hybridized carbons (Fsp3) is 0.727. The number of hydrogen-bond acceptors (Lipinski definition) is 3. The van der Waals surface area contributed by atoms with Crippen LogP contribution < -0.4 is 5.32 Å². The quantitative estimate of drug-likeness (QED) is 0.825. The number of nitrogens with zero attached hydrogens (tertiary/aromatic N) is 1. The summed E-state index contributed by atoms with van der Waals surface area (Å²) in [7, 11) is 0. The molecular weight excluding hydrogens is 192 g/mol. The monoisotopic (exact) mass is 210 g/mol. The molecule has 1 N–H and O–H groups in total. The Labute approximate surface area is 89.8 Å². The van der Waals surface area contributed by atoms with E-state index >= 15 is 0 Å². The van der Waals surface area contributed by atoms with E-state index in [-0.39, 0.29) is 0 Å². The molecule has 3 heteroatoms. The van der Waals surface area contributed by atoms with Crippen LogP contribution in [0.2, 0.25) is 0 Å². The first-order chi connectivity index (χ1) is 6.74. The van der Waals surface area contributed by atoms with Crippen LogP contribution >= 0.6 is 11.3 Å². The molecule has 0 saturated heterocycles. The highest BCUT2D eigenvalue weighted by Gasteiger charge is 2.24. The standard InChI is InChI=1S/C11H18N2S/c1-8-5-11(6-8)12-4-3-10-7-14-9(2)13-10/h7-8,11-12H,3-6H2,1-2H3. The maximum absolute atomic E-state index is 4.44. The summed E-state index contributed by atoms with van der Waals surface area (Å²) in [4.78, 5) is 4.44. The smallest absolute Gasteiger partial charge is 0.0897 e. The Morgan fingerprint density at radius 2 is 2.36 bits per heavy atom. The van der Waals surface area contributed by atoms with Crippen LogP contribution in [-0.2, 0) is 6.42 Å². The molecule has 0 radical (unpaired) electrons. The molecule has 2 rings (SSSR count). The van der Waals surface area contributed by atoms with Crippen molar-refractivity contribution in [3.05, 3.63) is 16.1 Å². The summed E-state index contributed by atoms with van der Waals surface area (Å²) in [5.74, 6) is 0.939. The first-order valence-electron chi connectivity index (χ1n) is 5.38. The van der Waals surface area contributed by atoms with Crippen LogP contribution in [0.15, 0.2) is 5.38 Å². The second-order valence-corrected chi connectivity index (χ2v) is 5.40. The van der Waals surface area contributed by atoms with E-state index in [1.54, 1.807) is 11.3 Å². The molecule has 0 aliphatic heterocycles. The van der Waals surface area contributed by atoms with Crippen molar-refractivity contribution in [1.82, 2.24) is 10.3 Å². The second kappa shape index (κ2) is 4.41. The molecule has 78 valence electrons. The van der Waals surface area contributed by atoms with Crippen molar-refractivity contribution in [1.29, 1.82) is 0 Å². The lowest BCUT2D eigenvalue weighted by atomic mass is 9.82. The normalized spacial score (nSPS) is 26.1. The number of hydrogen-bond donors (Lipinski definition) is 1. The zero-order valence-corrected chi connectivity index (χ0v) is 9.73. The highest BCUT2D eigenvalue weighted by Crippen LogP contribution is 2.26. The maximum atomic E-state index is 4.44. The predicted octanol–water partition coefficient (Wildman–Crippen LogP) is 2.38. The van der Waals surface area contributed by atoms with Crippen LogP contribution in [0.25, 0.3) is 0 Å². The van der Waals surface area contributed by atoms with E-state index < -0.39 is 0 Å². The highest BCUT2D eigenvalue weighted by molar-refractivity contribution is 7.09. The molecule has 14 heavy (non-hydrogen) atoms. The van der Waals surface area contributed by atoms with Gasteiger partial charge in [-0.1, -0.05) is 6.92 Å². The van der Waals surface area contributed by atoms with Crippen LogP contribution in [0.1, 0.15) is 30.5 Å². The van der Waals surface area contributed by atoms with Crippen LogP contribution in [0.5, 0.6) is 0 Å². The minimum atomic E-state index is 0.782. The molecule has 1 aromatic rings. The molecule has 0 bridgehead atoms. The van der Waals surface area contributed by atoms with Gasteiger partial charge in [0, 0.05) is 24.4 Å². The number of aromatic nitrogens is 1. The third-order valence-electron chi connectivity index (χ3n) is 2.85. The van der Waals surface area contributed by atoms with Gasteiger partial charge in [-0.25, -0.2) is 4.98 Å². The van der Waals surface area contributed by atoms with Gasteiger partial charge < -0.3 is 5.32 Å². The van der Waals surface area contributed by atoms with Gasteiger partial charge >= 0.3 is 0 Å². The Bertz CT molecular complexity index is 289. The summed E-state index contributed by atoms with van der Waals surface area (Å²) in [5, 5.41) is 6.92. The number of nitrogens with one attached hydrogen (secondary N) is 1. The summed E-state index contributed by atoms with van der Waals surface area (Å²) in [5.41, 5.74) is 1.24. The first kappa shape index (κ1) is 10.1. The van der Waals surface area contributed by atoms with E-state index in [4.69, 9.17) is 0 Å². The van der Waals surface area contributed by atoms with Gasteiger partial charge in [-0.2, -0.15) is 0 Å². The molecule has 1 aromatic heterocycles. The SMILES string of the molecule is Cc1nc(CCNC2CC(C)C2)cs1. The van der Waals surface area contributed by atoms with Gasteiger partial charge in [-0.3, -0.25) is 0 Å². The lowest BCUT2D eigenvalue weighted by Crippen LogP contribution is -2.40. The third kappa shape index (κ3) is 2.55. The van der Waals surface area contributed by atoms with Gasteiger partial charge in [0.2, 0.25) is 0 Å². The molecule has 0 spiro atoms. The van der Waals surface area contributed by atoms with Gasteiger partial charge in [-0.15, -0.1) is 11.3 Å². The average Bonchev–Trinajstić information content (AvgIpc) is 2.48. The second-order valence-electron chi connectivity index (χ2n) is 4.34. The molecular formula is C11H18N2S. The minimum absolute atomic E-state index is 0.782. The molecule has 1 heterocycles. The van der Waals surface area contributed by atoms with Crippen molar-refractivity contribution in [2.45, 2.75) is 39.2 Å². The summed E-state index contributed by atoms with van der Waals surface area (Å²) in [6.45, 7) is 5.47. The van der Waals surface area contributed by atoms with Crippen molar-refractivity contribution >= 4 is 11.3 Å². The average molecular weight is 210 g/mol. The maximum Gasteiger partial charge on any atom is 0.0897 e. The lowest BCUT2D eigenvalue weighted by molar-refractivity contribution is 0.243. The van der Waals surface area contributed by atoms with Crippen molar-refractivity contribution in [3.63, 3.8) is 0 Å². The van der Waals surface area contributed by atoms with Crippen LogP contribution in [0.4, 0.5) is 0 Å². The molecule has 0 unspecified atom stereocenters. The highest BCUT2D eigenvalue weighted by atomic mass is 32.1. The van der Waals surface area contributed by atoms with Gasteiger partial charge in [0.05, 0.1) is 10.7 Å². The van der Waals surface area contributed by atoms with Crippen LogP contribution in [-0.4, -0.2) is 17.6 Å². The number of aryl methyl sites for hydroxylation is 1. The molecule has 1 saturated carbocycles. The molecule has 0 aromatic carbocycles. The largest absolute Gasteiger partial charge is 0.314 e. The minimum Gasteiger partial charge on any atom is -0.314 e. The topological polar surface area (TPSA) is 24.9 Å². The van der Waals surface area contributed by atoms with E-state index in [2.05, 4.69) is 29.5 Å². The summed E-state index contributed by atoms with van der Waals surface area (Å²) in [6, 6.07) is 0.782. The summed E-state index contributed by atoms with van der Waals surface area (Å²) >= 11 is 1.74. The van der Waals surface area contributed by atoms with Crippen molar-refractivity contribution < 1.29 is 0 Å². The summed E-state index contributed by atoms with van der Waals surface area (Å²) in [6.07, 6.45) is 3.79. The van der Waals surface area contributed by atoms with Crippen molar-refractivity contribution in [3.8, 4) is 0 Å². The van der Waals surface area contributed by atoms with Gasteiger partial charge in [-0.05, 0) is 25.7 Å². The zero-order valence-electron chi connectivity index (χ0n) is 8.92. The number of rotatable bonds is 4. The van der Waals surface area contributed by atoms with Crippen LogP contribution in [0, 0.1) is 12.8 Å². The Morgan fingerprint density at radius 3 is 2.93 bits per heavy atom. The Kier molecular flexibility index (Phi) is 3.19. The Balaban J connectivity index is 1.63. The van der Waals surface area contributed by atoms with E-state index in [0.717, 1.165) is 24.9 Å². The fourth-order valence-corrected chi connectivity index (χ4v) is 2.64. The van der Waals surface area contributed by atoms with E-state index in [1.807, 2.05) is 0 Å². The third-order valence-corrected chi connectivity index (χ3v) is 3.68. The molecule has 0 amide bonds. The Morgan fingerprint density at radius 1 is 1.57 bits per heavy atom. The first-order valence-corrected chi connectivity index (χ1v) is 6.26. The number of thiazole rings is 1. The lowest BCUT2D eigenvalue weighted by Gasteiger charge is -2.33. The fourth-order valence-electron chi connectivity index (χ4n) is 2.00. The predicted molar refractivity (Wildman–Crippen MR) is 60.7 cm³/mol. The van der Waals surface area contributed by atoms with E-state index in [0.29, 0.717) is 0 Å². The van der Waals surface area contributed by atoms with Gasteiger partial charge in [0.15, 0.2) is 0 Å². The van der Waals surface area contributed by atoms with Gasteiger partial charge in [0.1, 0.15) is 0 Å². The van der Waals surface area contributed by atoms with Crippen molar-refractivity contribution in [2.75, 3.05) is 6.54 Å². The van der Waals surface area contributed by atoms with Crippen molar-refractivity contribution in [2.24, 2.45) is 5.92 Å².